The number of halogens is 2. The molecule has 7 nitrogen and oxygen atoms in total. The summed E-state index contributed by atoms with van der Waals surface area (Å²) >= 11 is 17.6. The predicted octanol–water partition coefficient (Wildman–Crippen LogP) is 5.30. The van der Waals surface area contributed by atoms with E-state index in [4.69, 9.17) is 40.2 Å². The van der Waals surface area contributed by atoms with Gasteiger partial charge in [-0.2, -0.15) is 10.2 Å². The molecule has 0 saturated heterocycles. The van der Waals surface area contributed by atoms with Gasteiger partial charge in [0.15, 0.2) is 5.11 Å². The van der Waals surface area contributed by atoms with E-state index >= 15 is 0 Å². The molecule has 2 aromatic heterocycles. The van der Waals surface area contributed by atoms with Crippen molar-refractivity contribution in [2.45, 2.75) is 13.1 Å². The van der Waals surface area contributed by atoms with E-state index < -0.39 is 0 Å². The summed E-state index contributed by atoms with van der Waals surface area (Å²) in [6, 6.07) is 13.3. The van der Waals surface area contributed by atoms with Gasteiger partial charge in [0.25, 0.3) is 0 Å². The molecule has 0 unspecified atom stereocenters. The average Bonchev–Trinajstić information content (AvgIpc) is 3.39. The lowest BCUT2D eigenvalue weighted by atomic mass is 10.2. The standard InChI is InChI=1S/C22H20Cl2N6OS/c1-31-20-4-2-3-15(7-20)11-29-13-18(9-25-29)27-22(32)28-19-10-26-30(14-19)12-16-5-6-17(23)8-21(16)24/h2-10,13-14H,11-12H2,1H3,(H2,27,28,32). The first-order valence-electron chi connectivity index (χ1n) is 9.68. The average molecular weight is 487 g/mol. The highest BCUT2D eigenvalue weighted by Gasteiger charge is 2.07. The summed E-state index contributed by atoms with van der Waals surface area (Å²) in [5.41, 5.74) is 3.56. The smallest absolute Gasteiger partial charge is 0.175 e. The number of thiocarbonyl (C=S) groups is 1. The maximum Gasteiger partial charge on any atom is 0.175 e. The van der Waals surface area contributed by atoms with Gasteiger partial charge in [-0.05, 0) is 47.6 Å². The van der Waals surface area contributed by atoms with Gasteiger partial charge < -0.3 is 15.4 Å². The summed E-state index contributed by atoms with van der Waals surface area (Å²) in [7, 11) is 1.65. The molecule has 0 spiro atoms. The molecule has 0 amide bonds. The molecule has 0 aliphatic heterocycles. The van der Waals surface area contributed by atoms with E-state index in [2.05, 4.69) is 20.8 Å². The van der Waals surface area contributed by atoms with Gasteiger partial charge in [-0.15, -0.1) is 0 Å². The number of nitrogens with zero attached hydrogens (tertiary/aromatic N) is 4. The van der Waals surface area contributed by atoms with Crippen LogP contribution in [0.1, 0.15) is 11.1 Å². The van der Waals surface area contributed by atoms with Gasteiger partial charge in [-0.1, -0.05) is 41.4 Å². The minimum Gasteiger partial charge on any atom is -0.497 e. The Morgan fingerprint density at radius 2 is 1.66 bits per heavy atom. The predicted molar refractivity (Wildman–Crippen MR) is 132 cm³/mol. The molecule has 2 aromatic carbocycles. The van der Waals surface area contributed by atoms with Gasteiger partial charge in [0.05, 0.1) is 44.0 Å². The van der Waals surface area contributed by atoms with Crippen molar-refractivity contribution in [3.63, 3.8) is 0 Å². The second kappa shape index (κ2) is 10.0. The third-order valence-electron chi connectivity index (χ3n) is 4.61. The number of methoxy groups -OCH3 is 1. The van der Waals surface area contributed by atoms with Crippen LogP contribution in [-0.2, 0) is 13.1 Å². The van der Waals surface area contributed by atoms with Gasteiger partial charge in [0, 0.05) is 22.4 Å². The van der Waals surface area contributed by atoms with Crippen LogP contribution in [0.2, 0.25) is 10.0 Å². The van der Waals surface area contributed by atoms with E-state index in [0.29, 0.717) is 28.2 Å². The van der Waals surface area contributed by atoms with Crippen molar-refractivity contribution in [1.82, 2.24) is 19.6 Å². The molecule has 2 N–H and O–H groups in total. The number of nitrogens with one attached hydrogen (secondary N) is 2. The number of benzene rings is 2. The maximum atomic E-state index is 6.24. The molecule has 0 atom stereocenters. The third kappa shape index (κ3) is 5.79. The van der Waals surface area contributed by atoms with E-state index in [9.17, 15) is 0 Å². The molecule has 32 heavy (non-hydrogen) atoms. The first kappa shape index (κ1) is 22.1. The quantitative estimate of drug-likeness (QED) is 0.345. The van der Waals surface area contributed by atoms with Crippen LogP contribution < -0.4 is 15.4 Å². The molecule has 0 aliphatic carbocycles. The van der Waals surface area contributed by atoms with Crippen LogP contribution in [0.4, 0.5) is 11.4 Å². The number of rotatable bonds is 7. The molecule has 164 valence electrons. The van der Waals surface area contributed by atoms with Gasteiger partial charge >= 0.3 is 0 Å². The van der Waals surface area contributed by atoms with Crippen LogP contribution in [0.3, 0.4) is 0 Å². The van der Waals surface area contributed by atoms with Crippen molar-refractivity contribution >= 4 is 51.9 Å². The Hall–Kier alpha value is -3.07. The molecular formula is C22H20Cl2N6OS. The zero-order chi connectivity index (χ0) is 22.5. The lowest BCUT2D eigenvalue weighted by molar-refractivity contribution is 0.414. The summed E-state index contributed by atoms with van der Waals surface area (Å²) in [6.45, 7) is 1.15. The molecule has 2 heterocycles. The fourth-order valence-electron chi connectivity index (χ4n) is 3.10. The summed E-state index contributed by atoms with van der Waals surface area (Å²) in [4.78, 5) is 0. The summed E-state index contributed by atoms with van der Waals surface area (Å²) in [5, 5.41) is 16.6. The summed E-state index contributed by atoms with van der Waals surface area (Å²) in [5.74, 6) is 0.817. The SMILES string of the molecule is COc1cccc(Cn2cc(NC(=S)Nc3cnn(Cc4ccc(Cl)cc4Cl)c3)cn2)c1. The fourth-order valence-corrected chi connectivity index (χ4v) is 3.81. The highest BCUT2D eigenvalue weighted by atomic mass is 35.5. The van der Waals surface area contributed by atoms with Crippen molar-refractivity contribution in [1.29, 1.82) is 0 Å². The van der Waals surface area contributed by atoms with Gasteiger partial charge in [0.2, 0.25) is 0 Å². The van der Waals surface area contributed by atoms with Crippen LogP contribution in [0.15, 0.2) is 67.3 Å². The highest BCUT2D eigenvalue weighted by Crippen LogP contribution is 2.22. The summed E-state index contributed by atoms with van der Waals surface area (Å²) in [6.07, 6.45) is 7.16. The topological polar surface area (TPSA) is 68.9 Å². The zero-order valence-corrected chi connectivity index (χ0v) is 19.5. The number of aromatic nitrogens is 4. The zero-order valence-electron chi connectivity index (χ0n) is 17.1. The van der Waals surface area contributed by atoms with E-state index in [0.717, 1.165) is 28.3 Å². The second-order valence-corrected chi connectivity index (χ2v) is 8.27. The minimum absolute atomic E-state index is 0.440. The summed E-state index contributed by atoms with van der Waals surface area (Å²) < 4.78 is 8.86. The molecule has 0 aliphatic rings. The Balaban J connectivity index is 1.32. The maximum absolute atomic E-state index is 6.24. The lowest BCUT2D eigenvalue weighted by Crippen LogP contribution is -2.18. The molecule has 4 rings (SSSR count). The molecular weight excluding hydrogens is 467 g/mol. The van der Waals surface area contributed by atoms with Crippen LogP contribution >= 0.6 is 35.4 Å². The van der Waals surface area contributed by atoms with E-state index in [-0.39, 0.29) is 0 Å². The normalized spacial score (nSPS) is 10.7. The van der Waals surface area contributed by atoms with Crippen molar-refractivity contribution < 1.29 is 4.74 Å². The molecule has 10 heteroatoms. The Labute approximate surface area is 200 Å². The number of anilines is 2. The molecule has 0 radical (unpaired) electrons. The number of hydrogen-bond donors (Lipinski definition) is 2. The molecule has 0 bridgehead atoms. The fraction of sp³-hybridized carbons (Fsp3) is 0.136. The second-order valence-electron chi connectivity index (χ2n) is 7.02. The third-order valence-corrected chi connectivity index (χ3v) is 5.40. The van der Waals surface area contributed by atoms with Gasteiger partial charge in [-0.3, -0.25) is 9.36 Å². The van der Waals surface area contributed by atoms with E-state index in [1.54, 1.807) is 36.3 Å². The van der Waals surface area contributed by atoms with Crippen LogP contribution in [0.5, 0.6) is 5.75 Å². The Morgan fingerprint density at radius 1 is 0.969 bits per heavy atom. The number of ether oxygens (including phenoxy) is 1. The van der Waals surface area contributed by atoms with Crippen LogP contribution in [0, 0.1) is 0 Å². The highest BCUT2D eigenvalue weighted by molar-refractivity contribution is 7.80. The Morgan fingerprint density at radius 3 is 2.31 bits per heavy atom. The van der Waals surface area contributed by atoms with Crippen molar-refractivity contribution in [2.24, 2.45) is 0 Å². The minimum atomic E-state index is 0.440. The monoisotopic (exact) mass is 486 g/mol. The van der Waals surface area contributed by atoms with E-state index in [1.165, 1.54) is 0 Å². The first-order valence-corrected chi connectivity index (χ1v) is 10.8. The van der Waals surface area contributed by atoms with Gasteiger partial charge in [-0.25, -0.2) is 0 Å². The van der Waals surface area contributed by atoms with Crippen molar-refractivity contribution in [3.05, 3.63) is 88.4 Å². The van der Waals surface area contributed by atoms with Gasteiger partial charge in [0.1, 0.15) is 5.75 Å². The Bertz CT molecular complexity index is 1240. The molecule has 4 aromatic rings. The van der Waals surface area contributed by atoms with Crippen molar-refractivity contribution in [3.8, 4) is 5.75 Å². The lowest BCUT2D eigenvalue weighted by Gasteiger charge is -2.07. The molecule has 0 fully saturated rings. The van der Waals surface area contributed by atoms with E-state index in [1.807, 2.05) is 47.4 Å². The van der Waals surface area contributed by atoms with Crippen LogP contribution in [0.25, 0.3) is 0 Å². The Kier molecular flexibility index (Phi) is 6.94. The first-order chi connectivity index (χ1) is 15.5. The molecule has 0 saturated carbocycles. The van der Waals surface area contributed by atoms with Crippen LogP contribution in [-0.4, -0.2) is 31.8 Å². The number of hydrogen-bond acceptors (Lipinski definition) is 4. The van der Waals surface area contributed by atoms with Crippen molar-refractivity contribution in [2.75, 3.05) is 17.7 Å². The largest absolute Gasteiger partial charge is 0.497 e.